The van der Waals surface area contributed by atoms with Crippen molar-refractivity contribution in [2.75, 3.05) is 17.3 Å². The molecule has 0 aliphatic carbocycles. The Bertz CT molecular complexity index is 717. The molecule has 5 heterocycles. The summed E-state index contributed by atoms with van der Waals surface area (Å²) in [5, 5.41) is 11.0. The standard InChI is InChI=1S/C5H10O2S.C4H6S.2C3H3N3.C3H3NS/c6-8(7)4-2-1-3-5-8;1-2-4-5-3-1;1-4-2-6-3-5-1;1-2-5-6-3-4-1;1-2-5-3-4-1/h1-5H2;1,3H,2,4H2;2*1-3H;1-3H. The van der Waals surface area contributed by atoms with Gasteiger partial charge in [-0.1, -0.05) is 12.5 Å². The quantitative estimate of drug-likeness (QED) is 0.487. The van der Waals surface area contributed by atoms with Gasteiger partial charge in [-0.25, -0.2) is 28.4 Å². The fourth-order valence-electron chi connectivity index (χ4n) is 1.85. The van der Waals surface area contributed by atoms with Gasteiger partial charge in [0.1, 0.15) is 35.1 Å². The lowest BCUT2D eigenvalue weighted by atomic mass is 10.3. The molecule has 3 aromatic heterocycles. The molecule has 30 heavy (non-hydrogen) atoms. The number of hydrogen-bond donors (Lipinski definition) is 0. The number of aromatic nitrogens is 7. The van der Waals surface area contributed by atoms with Crippen molar-refractivity contribution in [1.29, 1.82) is 0 Å². The SMILES string of the molecule is C1=CSCC1.O=S1(=O)CCCCC1.c1cnncn1.c1cscn1.c1ncncn1. The highest BCUT2D eigenvalue weighted by molar-refractivity contribution is 8.02. The monoisotopic (exact) mass is 467 g/mol. The van der Waals surface area contributed by atoms with Crippen molar-refractivity contribution in [2.24, 2.45) is 0 Å². The number of thiazole rings is 1. The van der Waals surface area contributed by atoms with Crippen LogP contribution < -0.4 is 0 Å². The largest absolute Gasteiger partial charge is 0.253 e. The maximum atomic E-state index is 10.7. The minimum atomic E-state index is -2.58. The zero-order chi connectivity index (χ0) is 21.6. The van der Waals surface area contributed by atoms with E-state index in [1.54, 1.807) is 29.2 Å². The van der Waals surface area contributed by atoms with Crippen molar-refractivity contribution >= 4 is 32.9 Å². The van der Waals surface area contributed by atoms with Crippen LogP contribution in [0.3, 0.4) is 0 Å². The summed E-state index contributed by atoms with van der Waals surface area (Å²) in [7, 11) is -2.58. The Morgan fingerprint density at radius 3 is 1.67 bits per heavy atom. The smallest absolute Gasteiger partial charge is 0.150 e. The molecule has 0 N–H and O–H groups in total. The first kappa shape index (κ1) is 25.7. The van der Waals surface area contributed by atoms with E-state index in [-0.39, 0.29) is 0 Å². The van der Waals surface area contributed by atoms with E-state index in [0.29, 0.717) is 11.5 Å². The van der Waals surface area contributed by atoms with Crippen molar-refractivity contribution in [1.82, 2.24) is 35.1 Å². The molecule has 0 saturated carbocycles. The Balaban J connectivity index is 0.000000190. The summed E-state index contributed by atoms with van der Waals surface area (Å²) in [6, 6.07) is 0. The second-order valence-electron chi connectivity index (χ2n) is 5.51. The predicted molar refractivity (Wildman–Crippen MR) is 120 cm³/mol. The van der Waals surface area contributed by atoms with Gasteiger partial charge >= 0.3 is 0 Å². The van der Waals surface area contributed by atoms with Gasteiger partial charge in [-0.2, -0.15) is 5.10 Å². The van der Waals surface area contributed by atoms with Crippen LogP contribution in [0.25, 0.3) is 0 Å². The highest BCUT2D eigenvalue weighted by Gasteiger charge is 2.14. The highest BCUT2D eigenvalue weighted by atomic mass is 32.2. The van der Waals surface area contributed by atoms with Gasteiger partial charge in [0, 0.05) is 23.5 Å². The molecule has 1 saturated heterocycles. The van der Waals surface area contributed by atoms with Gasteiger partial charge in [0.2, 0.25) is 0 Å². The molecule has 9 nitrogen and oxygen atoms in total. The van der Waals surface area contributed by atoms with Crippen molar-refractivity contribution in [3.05, 3.63) is 66.3 Å². The van der Waals surface area contributed by atoms with E-state index in [4.69, 9.17) is 0 Å². The molecule has 5 rings (SSSR count). The van der Waals surface area contributed by atoms with E-state index in [1.165, 1.54) is 43.7 Å². The molecule has 0 atom stereocenters. The summed E-state index contributed by atoms with van der Waals surface area (Å²) in [4.78, 5) is 18.0. The number of allylic oxidation sites excluding steroid dienone is 1. The number of rotatable bonds is 0. The Hall–Kier alpha value is -2.31. The van der Waals surface area contributed by atoms with Crippen LogP contribution in [0.1, 0.15) is 25.7 Å². The van der Waals surface area contributed by atoms with Gasteiger partial charge in [-0.15, -0.1) is 28.2 Å². The first-order valence-corrected chi connectivity index (χ1v) is 12.9. The van der Waals surface area contributed by atoms with Gasteiger partial charge in [-0.05, 0) is 24.7 Å². The number of thioether (sulfide) groups is 1. The lowest BCUT2D eigenvalue weighted by Crippen LogP contribution is -2.15. The molecular formula is C18H25N7O2S3. The fourth-order valence-corrected chi connectivity index (χ4v) is 4.37. The summed E-state index contributed by atoms with van der Waals surface area (Å²) in [6.07, 6.45) is 16.9. The van der Waals surface area contributed by atoms with Crippen LogP contribution in [0.4, 0.5) is 0 Å². The van der Waals surface area contributed by atoms with Crippen LogP contribution in [0.15, 0.2) is 66.3 Å². The Morgan fingerprint density at radius 1 is 0.733 bits per heavy atom. The molecule has 2 aliphatic rings. The van der Waals surface area contributed by atoms with E-state index in [9.17, 15) is 8.42 Å². The van der Waals surface area contributed by atoms with Crippen molar-refractivity contribution in [3.8, 4) is 0 Å². The Labute approximate surface area is 185 Å². The molecular weight excluding hydrogens is 442 g/mol. The molecule has 0 bridgehead atoms. The van der Waals surface area contributed by atoms with E-state index in [0.717, 1.165) is 19.3 Å². The highest BCUT2D eigenvalue weighted by Crippen LogP contribution is 2.11. The minimum absolute atomic E-state index is 0.424. The van der Waals surface area contributed by atoms with Crippen LogP contribution >= 0.6 is 23.1 Å². The third-order valence-electron chi connectivity index (χ3n) is 3.16. The molecule has 0 spiro atoms. The van der Waals surface area contributed by atoms with Gasteiger partial charge in [0.05, 0.1) is 23.2 Å². The average molecular weight is 468 g/mol. The average Bonchev–Trinajstić information content (AvgIpc) is 3.56. The van der Waals surface area contributed by atoms with Gasteiger partial charge in [0.15, 0.2) is 0 Å². The number of sulfone groups is 1. The second kappa shape index (κ2) is 18.7. The van der Waals surface area contributed by atoms with E-state index >= 15 is 0 Å². The fraction of sp³-hybridized carbons (Fsp3) is 0.389. The van der Waals surface area contributed by atoms with Crippen molar-refractivity contribution < 1.29 is 8.42 Å². The molecule has 1 fully saturated rings. The summed E-state index contributed by atoms with van der Waals surface area (Å²) in [5.74, 6) is 2.15. The molecule has 0 amide bonds. The maximum absolute atomic E-state index is 10.7. The van der Waals surface area contributed by atoms with E-state index < -0.39 is 9.84 Å². The van der Waals surface area contributed by atoms with Crippen LogP contribution in [-0.4, -0.2) is 60.8 Å². The molecule has 0 unspecified atom stereocenters. The molecule has 0 aromatic carbocycles. The number of hydrogen-bond acceptors (Lipinski definition) is 11. The normalized spacial score (nSPS) is 15.3. The van der Waals surface area contributed by atoms with Gasteiger partial charge < -0.3 is 0 Å². The third kappa shape index (κ3) is 17.8. The first-order chi connectivity index (χ1) is 14.7. The van der Waals surface area contributed by atoms with Crippen LogP contribution in [0.2, 0.25) is 0 Å². The molecule has 0 radical (unpaired) electrons. The zero-order valence-corrected chi connectivity index (χ0v) is 18.9. The summed E-state index contributed by atoms with van der Waals surface area (Å²) >= 11 is 3.50. The van der Waals surface area contributed by atoms with E-state index in [1.807, 2.05) is 17.1 Å². The Kier molecular flexibility index (Phi) is 16.0. The molecule has 3 aromatic rings. The van der Waals surface area contributed by atoms with Crippen LogP contribution in [-0.2, 0) is 9.84 Å². The molecule has 12 heteroatoms. The van der Waals surface area contributed by atoms with Crippen molar-refractivity contribution in [2.45, 2.75) is 25.7 Å². The third-order valence-corrected chi connectivity index (χ3v) is 6.36. The molecule has 162 valence electrons. The summed E-state index contributed by atoms with van der Waals surface area (Å²) in [6.45, 7) is 0. The van der Waals surface area contributed by atoms with Crippen LogP contribution in [0, 0.1) is 0 Å². The van der Waals surface area contributed by atoms with E-state index in [2.05, 4.69) is 46.6 Å². The predicted octanol–water partition coefficient (Wildman–Crippen LogP) is 3.11. The van der Waals surface area contributed by atoms with Crippen molar-refractivity contribution in [3.63, 3.8) is 0 Å². The Morgan fingerprint density at radius 2 is 1.47 bits per heavy atom. The van der Waals surface area contributed by atoms with Crippen LogP contribution in [0.5, 0.6) is 0 Å². The minimum Gasteiger partial charge on any atom is -0.253 e. The summed E-state index contributed by atoms with van der Waals surface area (Å²) in [5.41, 5.74) is 1.79. The number of nitrogens with zero attached hydrogens (tertiary/aromatic N) is 7. The lowest BCUT2D eigenvalue weighted by Gasteiger charge is -2.08. The van der Waals surface area contributed by atoms with Gasteiger partial charge in [-0.3, -0.25) is 4.98 Å². The topological polar surface area (TPSA) is 124 Å². The summed E-state index contributed by atoms with van der Waals surface area (Å²) < 4.78 is 21.3. The second-order valence-corrected chi connectivity index (χ2v) is 9.58. The maximum Gasteiger partial charge on any atom is 0.150 e. The zero-order valence-electron chi connectivity index (χ0n) is 16.5. The lowest BCUT2D eigenvalue weighted by molar-refractivity contribution is 0.575. The molecule has 2 aliphatic heterocycles. The van der Waals surface area contributed by atoms with Gasteiger partial charge in [0.25, 0.3) is 0 Å². The first-order valence-electron chi connectivity index (χ1n) is 9.11.